The van der Waals surface area contributed by atoms with Crippen molar-refractivity contribution in [3.63, 3.8) is 0 Å². The van der Waals surface area contributed by atoms with Crippen LogP contribution in [0.3, 0.4) is 0 Å². The SMILES string of the molecule is O=C=Nc1ccc(F)cc1C=Cc1ccccc1. The van der Waals surface area contributed by atoms with Crippen molar-refractivity contribution in [3.8, 4) is 0 Å². The van der Waals surface area contributed by atoms with E-state index >= 15 is 0 Å². The molecular weight excluding hydrogens is 229 g/mol. The third kappa shape index (κ3) is 3.00. The van der Waals surface area contributed by atoms with Gasteiger partial charge in [0.05, 0.1) is 5.69 Å². The lowest BCUT2D eigenvalue weighted by Crippen LogP contribution is -1.79. The Balaban J connectivity index is 2.36. The summed E-state index contributed by atoms with van der Waals surface area (Å²) in [5, 5.41) is 0. The van der Waals surface area contributed by atoms with Crippen LogP contribution in [0, 0.1) is 5.82 Å². The molecule has 0 aliphatic carbocycles. The molecule has 0 bridgehead atoms. The van der Waals surface area contributed by atoms with Crippen LogP contribution in [0.4, 0.5) is 10.1 Å². The maximum Gasteiger partial charge on any atom is 0.240 e. The number of halogens is 1. The molecule has 88 valence electrons. The van der Waals surface area contributed by atoms with Crippen LogP contribution in [-0.2, 0) is 4.79 Å². The first-order valence-electron chi connectivity index (χ1n) is 5.40. The van der Waals surface area contributed by atoms with Gasteiger partial charge >= 0.3 is 0 Å². The van der Waals surface area contributed by atoms with Gasteiger partial charge in [-0.15, -0.1) is 0 Å². The molecule has 0 aliphatic rings. The van der Waals surface area contributed by atoms with Crippen molar-refractivity contribution in [1.82, 2.24) is 0 Å². The van der Waals surface area contributed by atoms with Crippen LogP contribution in [0.2, 0.25) is 0 Å². The van der Waals surface area contributed by atoms with Gasteiger partial charge in [-0.3, -0.25) is 0 Å². The molecule has 0 spiro atoms. The zero-order valence-electron chi connectivity index (χ0n) is 9.51. The van der Waals surface area contributed by atoms with E-state index in [4.69, 9.17) is 0 Å². The van der Waals surface area contributed by atoms with Crippen molar-refractivity contribution in [2.45, 2.75) is 0 Å². The summed E-state index contributed by atoms with van der Waals surface area (Å²) in [6, 6.07) is 13.6. The topological polar surface area (TPSA) is 29.4 Å². The van der Waals surface area contributed by atoms with Crippen LogP contribution < -0.4 is 0 Å². The molecule has 0 radical (unpaired) electrons. The van der Waals surface area contributed by atoms with Crippen molar-refractivity contribution in [3.05, 3.63) is 65.5 Å². The fourth-order valence-corrected chi connectivity index (χ4v) is 1.56. The summed E-state index contributed by atoms with van der Waals surface area (Å²) in [6.07, 6.45) is 5.01. The summed E-state index contributed by atoms with van der Waals surface area (Å²) in [4.78, 5) is 13.8. The lowest BCUT2D eigenvalue weighted by Gasteiger charge is -1.99. The maximum atomic E-state index is 13.1. The molecule has 2 rings (SSSR count). The highest BCUT2D eigenvalue weighted by atomic mass is 19.1. The first-order valence-corrected chi connectivity index (χ1v) is 5.40. The predicted molar refractivity (Wildman–Crippen MR) is 69.6 cm³/mol. The average molecular weight is 239 g/mol. The smallest absolute Gasteiger partial charge is 0.211 e. The van der Waals surface area contributed by atoms with Gasteiger partial charge in [-0.25, -0.2) is 9.18 Å². The zero-order valence-corrected chi connectivity index (χ0v) is 9.51. The number of aliphatic imine (C=N–C) groups is 1. The molecule has 2 aromatic carbocycles. The van der Waals surface area contributed by atoms with E-state index in [1.54, 1.807) is 6.08 Å². The molecule has 0 heterocycles. The fourth-order valence-electron chi connectivity index (χ4n) is 1.56. The van der Waals surface area contributed by atoms with E-state index in [-0.39, 0.29) is 5.82 Å². The van der Waals surface area contributed by atoms with Gasteiger partial charge in [0.25, 0.3) is 0 Å². The Morgan fingerprint density at radius 1 is 1.06 bits per heavy atom. The summed E-state index contributed by atoms with van der Waals surface area (Å²) < 4.78 is 13.1. The van der Waals surface area contributed by atoms with Crippen molar-refractivity contribution in [1.29, 1.82) is 0 Å². The Kier molecular flexibility index (Phi) is 3.79. The third-order valence-corrected chi connectivity index (χ3v) is 2.41. The summed E-state index contributed by atoms with van der Waals surface area (Å²) in [5.74, 6) is -0.368. The maximum absolute atomic E-state index is 13.1. The molecule has 0 saturated carbocycles. The Morgan fingerprint density at radius 2 is 1.83 bits per heavy atom. The minimum atomic E-state index is -0.368. The molecule has 2 aromatic rings. The van der Waals surface area contributed by atoms with Crippen LogP contribution in [-0.4, -0.2) is 6.08 Å². The lowest BCUT2D eigenvalue weighted by atomic mass is 10.1. The summed E-state index contributed by atoms with van der Waals surface area (Å²) in [5.41, 5.74) is 1.93. The molecule has 18 heavy (non-hydrogen) atoms. The number of hydrogen-bond acceptors (Lipinski definition) is 2. The second-order valence-corrected chi connectivity index (χ2v) is 3.65. The molecule has 0 aliphatic heterocycles. The van der Waals surface area contributed by atoms with Gasteiger partial charge in [-0.1, -0.05) is 42.5 Å². The van der Waals surface area contributed by atoms with E-state index in [1.165, 1.54) is 24.3 Å². The van der Waals surface area contributed by atoms with E-state index in [1.807, 2.05) is 36.4 Å². The van der Waals surface area contributed by atoms with Gasteiger partial charge in [0.1, 0.15) is 5.82 Å². The van der Waals surface area contributed by atoms with Gasteiger partial charge in [0, 0.05) is 5.56 Å². The Labute approximate surface area is 104 Å². The van der Waals surface area contributed by atoms with E-state index < -0.39 is 0 Å². The van der Waals surface area contributed by atoms with E-state index in [9.17, 15) is 9.18 Å². The van der Waals surface area contributed by atoms with Crippen LogP contribution in [0.1, 0.15) is 11.1 Å². The highest BCUT2D eigenvalue weighted by molar-refractivity contribution is 5.76. The molecule has 0 aromatic heterocycles. The van der Waals surface area contributed by atoms with E-state index in [0.29, 0.717) is 11.3 Å². The summed E-state index contributed by atoms with van der Waals surface area (Å²) >= 11 is 0. The van der Waals surface area contributed by atoms with Crippen LogP contribution in [0.15, 0.2) is 53.5 Å². The number of rotatable bonds is 3. The van der Waals surface area contributed by atoms with Crippen molar-refractivity contribution in [2.75, 3.05) is 0 Å². The Hall–Kier alpha value is -2.51. The first kappa shape index (κ1) is 12.0. The monoisotopic (exact) mass is 239 g/mol. The van der Waals surface area contributed by atoms with Gasteiger partial charge < -0.3 is 0 Å². The summed E-state index contributed by atoms with van der Waals surface area (Å²) in [7, 11) is 0. The molecule has 0 N–H and O–H groups in total. The first-order chi connectivity index (χ1) is 8.79. The normalized spacial score (nSPS) is 10.3. The standard InChI is InChI=1S/C15H10FNO/c16-14-8-9-15(17-11-18)13(10-14)7-6-12-4-2-1-3-5-12/h1-10H. The molecule has 0 unspecified atom stereocenters. The molecule has 0 saturated heterocycles. The molecule has 0 amide bonds. The number of nitrogens with zero attached hydrogens (tertiary/aromatic N) is 1. The van der Waals surface area contributed by atoms with Crippen LogP contribution in [0.25, 0.3) is 12.2 Å². The average Bonchev–Trinajstić information content (AvgIpc) is 2.40. The fraction of sp³-hybridized carbons (Fsp3) is 0. The molecular formula is C15H10FNO. The molecule has 2 nitrogen and oxygen atoms in total. The minimum absolute atomic E-state index is 0.368. The lowest BCUT2D eigenvalue weighted by molar-refractivity contribution is 0.565. The van der Waals surface area contributed by atoms with Gasteiger partial charge in [-0.05, 0) is 23.8 Å². The van der Waals surface area contributed by atoms with Crippen molar-refractivity contribution < 1.29 is 9.18 Å². The Bertz CT molecular complexity index is 614. The van der Waals surface area contributed by atoms with Crippen LogP contribution >= 0.6 is 0 Å². The number of carbonyl (C=O) groups excluding carboxylic acids is 1. The second-order valence-electron chi connectivity index (χ2n) is 3.65. The highest BCUT2D eigenvalue weighted by Crippen LogP contribution is 2.22. The van der Waals surface area contributed by atoms with Crippen LogP contribution in [0.5, 0.6) is 0 Å². The van der Waals surface area contributed by atoms with E-state index in [2.05, 4.69) is 4.99 Å². The predicted octanol–water partition coefficient (Wildman–Crippen LogP) is 3.96. The van der Waals surface area contributed by atoms with E-state index in [0.717, 1.165) is 5.56 Å². The van der Waals surface area contributed by atoms with Crippen molar-refractivity contribution >= 4 is 23.9 Å². The molecule has 0 atom stereocenters. The van der Waals surface area contributed by atoms with Gasteiger partial charge in [-0.2, -0.15) is 4.99 Å². The highest BCUT2D eigenvalue weighted by Gasteiger charge is 2.00. The zero-order chi connectivity index (χ0) is 12.8. The Morgan fingerprint density at radius 3 is 2.56 bits per heavy atom. The number of isocyanates is 1. The largest absolute Gasteiger partial charge is 0.240 e. The summed E-state index contributed by atoms with van der Waals surface area (Å²) in [6.45, 7) is 0. The second kappa shape index (κ2) is 5.71. The van der Waals surface area contributed by atoms with Crippen molar-refractivity contribution in [2.24, 2.45) is 4.99 Å². The molecule has 3 heteroatoms. The molecule has 0 fully saturated rings. The number of hydrogen-bond donors (Lipinski definition) is 0. The number of benzene rings is 2. The quantitative estimate of drug-likeness (QED) is 0.453. The van der Waals surface area contributed by atoms with Gasteiger partial charge in [0.15, 0.2) is 0 Å². The van der Waals surface area contributed by atoms with Gasteiger partial charge in [0.2, 0.25) is 6.08 Å². The minimum Gasteiger partial charge on any atom is -0.211 e. The third-order valence-electron chi connectivity index (χ3n) is 2.41.